The van der Waals surface area contributed by atoms with Crippen LogP contribution in [0.4, 0.5) is 0 Å². The summed E-state index contributed by atoms with van der Waals surface area (Å²) in [5.41, 5.74) is 0. The van der Waals surface area contributed by atoms with Gasteiger partial charge in [0, 0.05) is 12.0 Å². The standard InChI is InChI=1S/C17H25NO2/c18-12-14-6-10-16(11-7-14)15-8-4-13(5-9-15)2-1-3-17(19)20/h1,3,13-16H,2,4-11H2,(H,19,20)/b3-1+. The zero-order valence-electron chi connectivity index (χ0n) is 12.1. The number of hydrogen-bond acceptors (Lipinski definition) is 2. The first-order chi connectivity index (χ1) is 9.69. The predicted octanol–water partition coefficient (Wildman–Crippen LogP) is 4.15. The van der Waals surface area contributed by atoms with Crippen LogP contribution in [0.2, 0.25) is 0 Å². The molecule has 3 nitrogen and oxygen atoms in total. The zero-order valence-corrected chi connectivity index (χ0v) is 12.1. The Hall–Kier alpha value is -1.30. The molecule has 0 saturated heterocycles. The van der Waals surface area contributed by atoms with Crippen molar-refractivity contribution >= 4 is 5.97 Å². The Kier molecular flexibility index (Phi) is 5.64. The van der Waals surface area contributed by atoms with Crippen molar-refractivity contribution in [3.8, 4) is 6.07 Å². The van der Waals surface area contributed by atoms with Crippen molar-refractivity contribution in [1.82, 2.24) is 0 Å². The summed E-state index contributed by atoms with van der Waals surface area (Å²) < 4.78 is 0. The minimum absolute atomic E-state index is 0.309. The first-order valence-electron chi connectivity index (χ1n) is 7.98. The highest BCUT2D eigenvalue weighted by atomic mass is 16.4. The molecule has 2 aliphatic rings. The number of rotatable bonds is 4. The lowest BCUT2D eigenvalue weighted by Gasteiger charge is -2.36. The average Bonchev–Trinajstić information content (AvgIpc) is 2.48. The molecule has 0 aromatic rings. The Labute approximate surface area is 121 Å². The molecule has 0 bridgehead atoms. The van der Waals surface area contributed by atoms with Crippen LogP contribution in [0.1, 0.15) is 57.8 Å². The number of carboxylic acid groups (broad SMARTS) is 1. The van der Waals surface area contributed by atoms with E-state index in [2.05, 4.69) is 6.07 Å². The van der Waals surface area contributed by atoms with Crippen LogP contribution in [0, 0.1) is 35.0 Å². The van der Waals surface area contributed by atoms with Gasteiger partial charge in [0.2, 0.25) is 0 Å². The Balaban J connectivity index is 1.69. The molecule has 3 heteroatoms. The van der Waals surface area contributed by atoms with Crippen LogP contribution >= 0.6 is 0 Å². The quantitative estimate of drug-likeness (QED) is 0.784. The fourth-order valence-corrected chi connectivity index (χ4v) is 3.98. The molecule has 110 valence electrons. The number of carboxylic acids is 1. The second-order valence-corrected chi connectivity index (χ2v) is 6.50. The van der Waals surface area contributed by atoms with Crippen LogP contribution < -0.4 is 0 Å². The molecule has 0 radical (unpaired) electrons. The molecule has 0 aliphatic heterocycles. The zero-order chi connectivity index (χ0) is 14.4. The van der Waals surface area contributed by atoms with Gasteiger partial charge < -0.3 is 5.11 Å². The van der Waals surface area contributed by atoms with Gasteiger partial charge in [-0.15, -0.1) is 0 Å². The highest BCUT2D eigenvalue weighted by Gasteiger charge is 2.30. The van der Waals surface area contributed by atoms with Gasteiger partial charge in [-0.2, -0.15) is 5.26 Å². The van der Waals surface area contributed by atoms with Crippen LogP contribution in [0.3, 0.4) is 0 Å². The number of nitriles is 1. The number of allylic oxidation sites excluding steroid dienone is 1. The normalized spacial score (nSPS) is 34.8. The van der Waals surface area contributed by atoms with Gasteiger partial charge in [-0.05, 0) is 75.5 Å². The van der Waals surface area contributed by atoms with Crippen LogP contribution in [0.25, 0.3) is 0 Å². The van der Waals surface area contributed by atoms with Crippen molar-refractivity contribution in [2.24, 2.45) is 23.7 Å². The molecular formula is C17H25NO2. The van der Waals surface area contributed by atoms with Crippen molar-refractivity contribution in [3.05, 3.63) is 12.2 Å². The first-order valence-corrected chi connectivity index (χ1v) is 7.98. The molecule has 0 amide bonds. The fraction of sp³-hybridized carbons (Fsp3) is 0.765. The Morgan fingerprint density at radius 3 is 2.10 bits per heavy atom. The van der Waals surface area contributed by atoms with E-state index in [9.17, 15) is 4.79 Å². The van der Waals surface area contributed by atoms with E-state index in [1.165, 1.54) is 44.6 Å². The van der Waals surface area contributed by atoms with Crippen molar-refractivity contribution in [2.45, 2.75) is 57.8 Å². The van der Waals surface area contributed by atoms with Crippen molar-refractivity contribution in [3.63, 3.8) is 0 Å². The van der Waals surface area contributed by atoms with E-state index >= 15 is 0 Å². The van der Waals surface area contributed by atoms with Gasteiger partial charge in [0.05, 0.1) is 6.07 Å². The number of carbonyl (C=O) groups is 1. The summed E-state index contributed by atoms with van der Waals surface area (Å²) >= 11 is 0. The molecule has 1 N–H and O–H groups in total. The maximum absolute atomic E-state index is 10.4. The van der Waals surface area contributed by atoms with Gasteiger partial charge in [0.15, 0.2) is 0 Å². The van der Waals surface area contributed by atoms with Crippen LogP contribution in [0.15, 0.2) is 12.2 Å². The Bertz CT molecular complexity index is 380. The predicted molar refractivity (Wildman–Crippen MR) is 77.9 cm³/mol. The van der Waals surface area contributed by atoms with Crippen molar-refractivity contribution in [2.75, 3.05) is 0 Å². The molecule has 2 saturated carbocycles. The maximum atomic E-state index is 10.4. The van der Waals surface area contributed by atoms with Crippen LogP contribution in [0.5, 0.6) is 0 Å². The van der Waals surface area contributed by atoms with Gasteiger partial charge in [-0.25, -0.2) is 4.79 Å². The Morgan fingerprint density at radius 1 is 1.05 bits per heavy atom. The van der Waals surface area contributed by atoms with Crippen molar-refractivity contribution in [1.29, 1.82) is 5.26 Å². The Morgan fingerprint density at radius 2 is 1.60 bits per heavy atom. The third-order valence-electron chi connectivity index (χ3n) is 5.24. The first kappa shape index (κ1) is 15.1. The maximum Gasteiger partial charge on any atom is 0.327 e. The average molecular weight is 275 g/mol. The van der Waals surface area contributed by atoms with E-state index < -0.39 is 5.97 Å². The highest BCUT2D eigenvalue weighted by molar-refractivity contribution is 5.79. The molecule has 20 heavy (non-hydrogen) atoms. The SMILES string of the molecule is N#CC1CCC(C2CCC(C/C=C/C(=O)O)CC2)CC1. The topological polar surface area (TPSA) is 61.1 Å². The summed E-state index contributed by atoms with van der Waals surface area (Å²) in [6.07, 6.45) is 13.8. The van der Waals surface area contributed by atoms with Crippen LogP contribution in [-0.4, -0.2) is 11.1 Å². The molecule has 0 aromatic carbocycles. The summed E-state index contributed by atoms with van der Waals surface area (Å²) in [5.74, 6) is 1.85. The number of hydrogen-bond donors (Lipinski definition) is 1. The highest BCUT2D eigenvalue weighted by Crippen LogP contribution is 2.41. The molecule has 0 atom stereocenters. The van der Waals surface area contributed by atoms with Gasteiger partial charge in [-0.3, -0.25) is 0 Å². The number of aliphatic carboxylic acids is 1. The lowest BCUT2D eigenvalue weighted by atomic mass is 9.69. The van der Waals surface area contributed by atoms with E-state index in [4.69, 9.17) is 10.4 Å². The molecule has 0 heterocycles. The third kappa shape index (κ3) is 4.37. The monoisotopic (exact) mass is 275 g/mol. The third-order valence-corrected chi connectivity index (χ3v) is 5.24. The summed E-state index contributed by atoms with van der Waals surface area (Å²) in [4.78, 5) is 10.4. The molecule has 0 aromatic heterocycles. The van der Waals surface area contributed by atoms with E-state index in [0.717, 1.165) is 31.1 Å². The fourth-order valence-electron chi connectivity index (χ4n) is 3.98. The summed E-state index contributed by atoms with van der Waals surface area (Å²) in [6.45, 7) is 0. The molecule has 0 unspecified atom stereocenters. The van der Waals surface area contributed by atoms with E-state index in [-0.39, 0.29) is 0 Å². The lowest BCUT2D eigenvalue weighted by Crippen LogP contribution is -2.25. The van der Waals surface area contributed by atoms with Crippen molar-refractivity contribution < 1.29 is 9.90 Å². The summed E-state index contributed by atoms with van der Waals surface area (Å²) in [5, 5.41) is 17.5. The van der Waals surface area contributed by atoms with E-state index in [1.807, 2.05) is 6.08 Å². The molecule has 2 rings (SSSR count). The van der Waals surface area contributed by atoms with E-state index in [0.29, 0.717) is 11.8 Å². The minimum atomic E-state index is -0.840. The second-order valence-electron chi connectivity index (χ2n) is 6.50. The van der Waals surface area contributed by atoms with Gasteiger partial charge >= 0.3 is 5.97 Å². The summed E-state index contributed by atoms with van der Waals surface area (Å²) in [6, 6.07) is 2.41. The second kappa shape index (κ2) is 7.47. The molecule has 2 aliphatic carbocycles. The minimum Gasteiger partial charge on any atom is -0.478 e. The molecule has 0 spiro atoms. The van der Waals surface area contributed by atoms with Gasteiger partial charge in [0.25, 0.3) is 0 Å². The smallest absolute Gasteiger partial charge is 0.327 e. The molecular weight excluding hydrogens is 250 g/mol. The van der Waals surface area contributed by atoms with Gasteiger partial charge in [-0.1, -0.05) is 6.08 Å². The van der Waals surface area contributed by atoms with E-state index in [1.54, 1.807) is 0 Å². The van der Waals surface area contributed by atoms with Crippen LogP contribution in [-0.2, 0) is 4.79 Å². The van der Waals surface area contributed by atoms with Gasteiger partial charge in [0.1, 0.15) is 0 Å². The summed E-state index contributed by atoms with van der Waals surface area (Å²) in [7, 11) is 0. The number of nitrogens with zero attached hydrogens (tertiary/aromatic N) is 1. The lowest BCUT2D eigenvalue weighted by molar-refractivity contribution is -0.131. The molecule has 2 fully saturated rings. The largest absolute Gasteiger partial charge is 0.478 e.